The Balaban J connectivity index is 3.55. The van der Waals surface area contributed by atoms with Crippen LogP contribution in [0, 0.1) is 5.41 Å². The quantitative estimate of drug-likeness (QED) is 0.337. The maximum absolute atomic E-state index is 8.80. The molecule has 4 heteroatoms. The van der Waals surface area contributed by atoms with E-state index in [1.54, 1.807) is 7.11 Å². The van der Waals surface area contributed by atoms with Crippen LogP contribution in [0.4, 0.5) is 0 Å². The molecule has 0 aromatic rings. The van der Waals surface area contributed by atoms with E-state index in [0.717, 1.165) is 12.8 Å². The first-order chi connectivity index (χ1) is 9.12. The molecular weight excluding hydrogens is 244 g/mol. The van der Waals surface area contributed by atoms with Gasteiger partial charge in [-0.3, -0.25) is 0 Å². The molecule has 0 unspecified atom stereocenters. The van der Waals surface area contributed by atoms with Gasteiger partial charge in [0.25, 0.3) is 0 Å². The number of hydrogen-bond acceptors (Lipinski definition) is 4. The fourth-order valence-electron chi connectivity index (χ4n) is 1.44. The van der Waals surface area contributed by atoms with Crippen LogP contribution in [-0.4, -0.2) is 45.4 Å². The largest absolute Gasteiger partial charge is 0.396 e. The average Bonchev–Trinajstić information content (AvgIpc) is 2.38. The van der Waals surface area contributed by atoms with Crippen molar-refractivity contribution in [1.29, 1.82) is 0 Å². The first kappa shape index (κ1) is 18.3. The van der Waals surface area contributed by atoms with Gasteiger partial charge in [-0.05, 0) is 18.3 Å². The van der Waals surface area contributed by atoms with Gasteiger partial charge in [-0.25, -0.2) is 0 Å². The van der Waals surface area contributed by atoms with Gasteiger partial charge in [-0.1, -0.05) is 38.2 Å². The van der Waals surface area contributed by atoms with Crippen LogP contribution in [0.1, 0.15) is 26.7 Å². The van der Waals surface area contributed by atoms with Crippen molar-refractivity contribution in [3.63, 3.8) is 0 Å². The van der Waals surface area contributed by atoms with Crippen molar-refractivity contribution in [2.75, 3.05) is 40.3 Å². The van der Waals surface area contributed by atoms with Crippen LogP contribution in [0.25, 0.3) is 0 Å². The Labute approximate surface area is 117 Å². The summed E-state index contributed by atoms with van der Waals surface area (Å²) in [6.07, 6.45) is 9.90. The van der Waals surface area contributed by atoms with E-state index in [9.17, 15) is 0 Å². The lowest BCUT2D eigenvalue weighted by molar-refractivity contribution is -0.0571. The van der Waals surface area contributed by atoms with Crippen molar-refractivity contribution in [2.45, 2.75) is 26.7 Å². The third-order valence-corrected chi connectivity index (χ3v) is 2.59. The summed E-state index contributed by atoms with van der Waals surface area (Å²) in [6.45, 7) is 6.54. The molecule has 0 fully saturated rings. The minimum Gasteiger partial charge on any atom is -0.396 e. The van der Waals surface area contributed by atoms with Gasteiger partial charge in [0, 0.05) is 13.7 Å². The molecule has 0 radical (unpaired) electrons. The molecule has 0 spiro atoms. The van der Waals surface area contributed by atoms with Crippen LogP contribution >= 0.6 is 0 Å². The molecule has 0 rings (SSSR count). The second-order valence-electron chi connectivity index (χ2n) is 4.99. The van der Waals surface area contributed by atoms with Gasteiger partial charge in [0.15, 0.2) is 0 Å². The highest BCUT2D eigenvalue weighted by Crippen LogP contribution is 2.23. The molecule has 4 nitrogen and oxygen atoms in total. The van der Waals surface area contributed by atoms with Crippen molar-refractivity contribution in [1.82, 2.24) is 0 Å². The molecule has 0 bridgehead atoms. The molecule has 0 aliphatic carbocycles. The zero-order valence-electron chi connectivity index (χ0n) is 12.4. The molecule has 0 aliphatic heterocycles. The molecule has 0 saturated carbocycles. The van der Waals surface area contributed by atoms with Gasteiger partial charge in [0.2, 0.25) is 0 Å². The monoisotopic (exact) mass is 272 g/mol. The van der Waals surface area contributed by atoms with E-state index < -0.39 is 0 Å². The van der Waals surface area contributed by atoms with Crippen LogP contribution in [0.2, 0.25) is 0 Å². The zero-order valence-corrected chi connectivity index (χ0v) is 12.4. The summed E-state index contributed by atoms with van der Waals surface area (Å²) in [5, 5.41) is 8.80. The standard InChI is InChI=1S/C15H28O4/c1-15(2,9-7-10-16)8-5-4-6-11-18-14-19-13-12-17-3/h4-6,8,16H,7,9-14H2,1-3H3/b6-4+,8-5+. The van der Waals surface area contributed by atoms with Crippen LogP contribution in [0.3, 0.4) is 0 Å². The second kappa shape index (κ2) is 12.4. The molecule has 112 valence electrons. The minimum atomic E-state index is 0.122. The van der Waals surface area contributed by atoms with Crippen LogP contribution < -0.4 is 0 Å². The number of aliphatic hydroxyl groups is 1. The summed E-state index contributed by atoms with van der Waals surface area (Å²) >= 11 is 0. The Hall–Kier alpha value is -0.680. The van der Waals surface area contributed by atoms with E-state index in [1.807, 2.05) is 18.2 Å². The lowest BCUT2D eigenvalue weighted by atomic mass is 9.87. The maximum atomic E-state index is 8.80. The number of hydrogen-bond donors (Lipinski definition) is 1. The molecule has 0 aromatic heterocycles. The van der Waals surface area contributed by atoms with E-state index >= 15 is 0 Å². The van der Waals surface area contributed by atoms with Crippen molar-refractivity contribution in [2.24, 2.45) is 5.41 Å². The Morgan fingerprint density at radius 1 is 1.11 bits per heavy atom. The Morgan fingerprint density at radius 2 is 1.89 bits per heavy atom. The highest BCUT2D eigenvalue weighted by molar-refractivity contribution is 5.07. The van der Waals surface area contributed by atoms with Crippen molar-refractivity contribution < 1.29 is 19.3 Å². The summed E-state index contributed by atoms with van der Waals surface area (Å²) in [7, 11) is 1.64. The van der Waals surface area contributed by atoms with E-state index in [1.165, 1.54) is 0 Å². The number of aliphatic hydroxyl groups excluding tert-OH is 1. The Kier molecular flexibility index (Phi) is 11.9. The smallest absolute Gasteiger partial charge is 0.147 e. The van der Waals surface area contributed by atoms with Gasteiger partial charge >= 0.3 is 0 Å². The fraction of sp³-hybridized carbons (Fsp3) is 0.733. The van der Waals surface area contributed by atoms with Gasteiger partial charge < -0.3 is 19.3 Å². The average molecular weight is 272 g/mol. The molecule has 0 atom stereocenters. The predicted molar refractivity (Wildman–Crippen MR) is 77.0 cm³/mol. The topological polar surface area (TPSA) is 47.9 Å². The summed E-state index contributed by atoms with van der Waals surface area (Å²) in [4.78, 5) is 0. The molecule has 0 amide bonds. The third-order valence-electron chi connectivity index (χ3n) is 2.59. The zero-order chi connectivity index (χ0) is 14.4. The van der Waals surface area contributed by atoms with E-state index in [0.29, 0.717) is 26.6 Å². The third kappa shape index (κ3) is 13.6. The van der Waals surface area contributed by atoms with Crippen LogP contribution in [-0.2, 0) is 14.2 Å². The van der Waals surface area contributed by atoms with Crippen molar-refractivity contribution >= 4 is 0 Å². The summed E-state index contributed by atoms with van der Waals surface area (Å²) < 4.78 is 15.2. The lowest BCUT2D eigenvalue weighted by Crippen LogP contribution is -2.07. The number of methoxy groups -OCH3 is 1. The van der Waals surface area contributed by atoms with Crippen LogP contribution in [0.5, 0.6) is 0 Å². The predicted octanol–water partition coefficient (Wildman–Crippen LogP) is 2.53. The first-order valence-electron chi connectivity index (χ1n) is 6.72. The first-order valence-corrected chi connectivity index (χ1v) is 6.72. The van der Waals surface area contributed by atoms with Crippen molar-refractivity contribution in [3.8, 4) is 0 Å². The summed E-state index contributed by atoms with van der Waals surface area (Å²) in [6, 6.07) is 0. The molecule has 0 aliphatic rings. The molecule has 0 heterocycles. The highest BCUT2D eigenvalue weighted by Gasteiger charge is 2.11. The van der Waals surface area contributed by atoms with Gasteiger partial charge in [-0.2, -0.15) is 0 Å². The SMILES string of the molecule is COCCOCOC/C=C/C=C/C(C)(C)CCCO. The Bertz CT molecular complexity index is 247. The molecular formula is C15H28O4. The second-order valence-corrected chi connectivity index (χ2v) is 4.99. The molecule has 1 N–H and O–H groups in total. The van der Waals surface area contributed by atoms with Gasteiger partial charge in [0.05, 0.1) is 19.8 Å². The van der Waals surface area contributed by atoms with E-state index in [2.05, 4.69) is 19.9 Å². The molecule has 0 saturated heterocycles. The number of rotatable bonds is 12. The molecule has 0 aromatic carbocycles. The highest BCUT2D eigenvalue weighted by atomic mass is 16.7. The minimum absolute atomic E-state index is 0.122. The Morgan fingerprint density at radius 3 is 2.58 bits per heavy atom. The normalized spacial score (nSPS) is 12.8. The van der Waals surface area contributed by atoms with Crippen LogP contribution in [0.15, 0.2) is 24.3 Å². The van der Waals surface area contributed by atoms with Crippen molar-refractivity contribution in [3.05, 3.63) is 24.3 Å². The number of ether oxygens (including phenoxy) is 3. The lowest BCUT2D eigenvalue weighted by Gasteiger charge is -2.18. The van der Waals surface area contributed by atoms with E-state index in [-0.39, 0.29) is 12.0 Å². The van der Waals surface area contributed by atoms with E-state index in [4.69, 9.17) is 19.3 Å². The summed E-state index contributed by atoms with van der Waals surface area (Å²) in [5.41, 5.74) is 0.122. The number of allylic oxidation sites excluding steroid dienone is 3. The molecule has 19 heavy (non-hydrogen) atoms. The van der Waals surface area contributed by atoms with Gasteiger partial charge in [-0.15, -0.1) is 0 Å². The van der Waals surface area contributed by atoms with Gasteiger partial charge in [0.1, 0.15) is 6.79 Å². The fourth-order valence-corrected chi connectivity index (χ4v) is 1.44. The summed E-state index contributed by atoms with van der Waals surface area (Å²) in [5.74, 6) is 0. The maximum Gasteiger partial charge on any atom is 0.147 e.